The molecule has 2 atom stereocenters. The van der Waals surface area contributed by atoms with Crippen molar-refractivity contribution in [3.05, 3.63) is 0 Å². The first-order chi connectivity index (χ1) is 9.06. The number of nitrogens with two attached hydrogens (primary N) is 1. The molecule has 118 valence electrons. The van der Waals surface area contributed by atoms with E-state index in [4.69, 9.17) is 5.73 Å². The standard InChI is InChI=1S/C13H24F2N2O2S/c1-12(2,3)20(19)17-10(13(14,15)11(16)18)9-7-5-4-6-8-9/h9-10,17H,4-8H2,1-3H3,(H2,16,18)/t10-,20-/m1/s1. The molecule has 0 saturated heterocycles. The minimum absolute atomic E-state index is 0.377. The Morgan fingerprint density at radius 1 is 1.25 bits per heavy atom. The van der Waals surface area contributed by atoms with Gasteiger partial charge in [0.2, 0.25) is 0 Å². The summed E-state index contributed by atoms with van der Waals surface area (Å²) in [5.41, 5.74) is 4.83. The van der Waals surface area contributed by atoms with Crippen molar-refractivity contribution >= 4 is 16.9 Å². The molecule has 0 aromatic rings. The summed E-state index contributed by atoms with van der Waals surface area (Å²) in [6.07, 6.45) is 3.90. The molecule has 1 saturated carbocycles. The van der Waals surface area contributed by atoms with E-state index < -0.39 is 33.6 Å². The molecule has 20 heavy (non-hydrogen) atoms. The molecule has 1 amide bonds. The molecular weight excluding hydrogens is 286 g/mol. The normalized spacial score (nSPS) is 21.4. The van der Waals surface area contributed by atoms with Crippen LogP contribution in [0.15, 0.2) is 0 Å². The molecule has 0 radical (unpaired) electrons. The average Bonchev–Trinajstić information content (AvgIpc) is 2.35. The van der Waals surface area contributed by atoms with Crippen molar-refractivity contribution in [2.24, 2.45) is 11.7 Å². The first-order valence-electron chi connectivity index (χ1n) is 6.92. The third-order valence-electron chi connectivity index (χ3n) is 3.63. The second-order valence-electron chi connectivity index (χ2n) is 6.36. The monoisotopic (exact) mass is 310 g/mol. The number of nitrogens with one attached hydrogen (secondary N) is 1. The van der Waals surface area contributed by atoms with Crippen LogP contribution < -0.4 is 10.5 Å². The zero-order valence-corrected chi connectivity index (χ0v) is 13.1. The third kappa shape index (κ3) is 4.22. The number of rotatable bonds is 5. The SMILES string of the molecule is CC(C)(C)[S@@](=O)N[C@H](C1CCCCC1)C(F)(F)C(N)=O. The summed E-state index contributed by atoms with van der Waals surface area (Å²) in [6.45, 7) is 5.07. The Kier molecular flexibility index (Phi) is 5.66. The van der Waals surface area contributed by atoms with Crippen LogP contribution in [0.1, 0.15) is 52.9 Å². The summed E-state index contributed by atoms with van der Waals surface area (Å²) in [5, 5.41) is 0. The lowest BCUT2D eigenvalue weighted by atomic mass is 9.81. The fraction of sp³-hybridized carbons (Fsp3) is 0.923. The van der Waals surface area contributed by atoms with Gasteiger partial charge in [0.05, 0.1) is 21.8 Å². The summed E-state index contributed by atoms with van der Waals surface area (Å²) in [4.78, 5) is 11.1. The van der Waals surface area contributed by atoms with Crippen molar-refractivity contribution in [3.8, 4) is 0 Å². The second kappa shape index (κ2) is 6.47. The van der Waals surface area contributed by atoms with Crippen LogP contribution >= 0.6 is 0 Å². The molecule has 1 aliphatic carbocycles. The predicted octanol–water partition coefficient (Wildman–Crippen LogP) is 2.11. The van der Waals surface area contributed by atoms with Gasteiger partial charge in [-0.1, -0.05) is 19.3 Å². The van der Waals surface area contributed by atoms with Crippen LogP contribution in [0.2, 0.25) is 0 Å². The molecule has 1 rings (SSSR count). The number of carbonyl (C=O) groups excluding carboxylic acids is 1. The second-order valence-corrected chi connectivity index (χ2v) is 8.36. The molecule has 7 heteroatoms. The highest BCUT2D eigenvalue weighted by molar-refractivity contribution is 7.84. The van der Waals surface area contributed by atoms with E-state index in [9.17, 15) is 17.8 Å². The highest BCUT2D eigenvalue weighted by Crippen LogP contribution is 2.34. The smallest absolute Gasteiger partial charge is 0.340 e. The Bertz CT molecular complexity index is 377. The average molecular weight is 310 g/mol. The van der Waals surface area contributed by atoms with Crippen LogP contribution in [-0.4, -0.2) is 26.8 Å². The topological polar surface area (TPSA) is 72.2 Å². The Labute approximate surface area is 121 Å². The zero-order chi connectivity index (χ0) is 15.6. The van der Waals surface area contributed by atoms with Crippen LogP contribution in [0.25, 0.3) is 0 Å². The van der Waals surface area contributed by atoms with Gasteiger partial charge in [-0.15, -0.1) is 0 Å². The fourth-order valence-electron chi connectivity index (χ4n) is 2.38. The first-order valence-corrected chi connectivity index (χ1v) is 8.07. The van der Waals surface area contributed by atoms with Crippen molar-refractivity contribution in [2.45, 2.75) is 69.6 Å². The van der Waals surface area contributed by atoms with Crippen molar-refractivity contribution in [3.63, 3.8) is 0 Å². The molecule has 1 aliphatic rings. The Hall–Kier alpha value is -0.560. The van der Waals surface area contributed by atoms with Crippen LogP contribution in [-0.2, 0) is 15.8 Å². The number of carbonyl (C=O) groups is 1. The largest absolute Gasteiger partial charge is 0.364 e. The summed E-state index contributed by atoms with van der Waals surface area (Å²) in [7, 11) is -1.67. The fourth-order valence-corrected chi connectivity index (χ4v) is 3.30. The van der Waals surface area contributed by atoms with Crippen LogP contribution in [0.3, 0.4) is 0 Å². The number of halogens is 2. The highest BCUT2D eigenvalue weighted by Gasteiger charge is 2.50. The van der Waals surface area contributed by atoms with Gasteiger partial charge in [0.25, 0.3) is 5.91 Å². The molecule has 3 N–H and O–H groups in total. The Morgan fingerprint density at radius 3 is 2.15 bits per heavy atom. The van der Waals surface area contributed by atoms with Gasteiger partial charge in [-0.25, -0.2) is 8.93 Å². The lowest BCUT2D eigenvalue weighted by molar-refractivity contribution is -0.148. The van der Waals surface area contributed by atoms with E-state index in [1.807, 2.05) is 0 Å². The zero-order valence-electron chi connectivity index (χ0n) is 12.2. The van der Waals surface area contributed by atoms with Crippen molar-refractivity contribution < 1.29 is 17.8 Å². The molecule has 0 bridgehead atoms. The van der Waals surface area contributed by atoms with Crippen molar-refractivity contribution in [2.75, 3.05) is 0 Å². The lowest BCUT2D eigenvalue weighted by Gasteiger charge is -2.35. The molecule has 0 unspecified atom stereocenters. The molecule has 1 fully saturated rings. The van der Waals surface area contributed by atoms with Gasteiger partial charge in [0.15, 0.2) is 0 Å². The highest BCUT2D eigenvalue weighted by atomic mass is 32.2. The Balaban J connectivity index is 2.95. The van der Waals surface area contributed by atoms with Crippen LogP contribution in [0.5, 0.6) is 0 Å². The van der Waals surface area contributed by atoms with Gasteiger partial charge in [0.1, 0.15) is 0 Å². The van der Waals surface area contributed by atoms with Crippen LogP contribution in [0.4, 0.5) is 8.78 Å². The molecule has 0 aromatic carbocycles. The van der Waals surface area contributed by atoms with E-state index in [1.54, 1.807) is 20.8 Å². The number of alkyl halides is 2. The maximum Gasteiger partial charge on any atom is 0.340 e. The molecule has 0 aliphatic heterocycles. The van der Waals surface area contributed by atoms with Gasteiger partial charge in [-0.3, -0.25) is 4.79 Å². The quantitative estimate of drug-likeness (QED) is 0.816. The summed E-state index contributed by atoms with van der Waals surface area (Å²) in [6, 6.07) is -1.46. The van der Waals surface area contributed by atoms with E-state index in [0.717, 1.165) is 19.3 Å². The number of hydrogen-bond acceptors (Lipinski definition) is 2. The van der Waals surface area contributed by atoms with E-state index in [-0.39, 0.29) is 5.92 Å². The molecule has 0 heterocycles. The number of hydrogen-bond donors (Lipinski definition) is 2. The number of primary amides is 1. The van der Waals surface area contributed by atoms with E-state index >= 15 is 0 Å². The summed E-state index contributed by atoms with van der Waals surface area (Å²) in [5.74, 6) is -5.73. The molecule has 0 aromatic heterocycles. The van der Waals surface area contributed by atoms with Gasteiger partial charge in [-0.2, -0.15) is 8.78 Å². The molecule has 0 spiro atoms. The predicted molar refractivity (Wildman–Crippen MR) is 75.5 cm³/mol. The number of amides is 1. The van der Waals surface area contributed by atoms with Crippen LogP contribution in [0, 0.1) is 5.92 Å². The van der Waals surface area contributed by atoms with E-state index in [1.165, 1.54) is 0 Å². The minimum Gasteiger partial charge on any atom is -0.364 e. The van der Waals surface area contributed by atoms with Gasteiger partial charge in [0, 0.05) is 0 Å². The maximum absolute atomic E-state index is 14.1. The Morgan fingerprint density at radius 2 is 1.75 bits per heavy atom. The summed E-state index contributed by atoms with van der Waals surface area (Å²) < 4.78 is 42.0. The lowest BCUT2D eigenvalue weighted by Crippen LogP contribution is -2.58. The summed E-state index contributed by atoms with van der Waals surface area (Å²) >= 11 is 0. The van der Waals surface area contributed by atoms with Gasteiger partial charge < -0.3 is 5.73 Å². The third-order valence-corrected chi connectivity index (χ3v) is 5.21. The molecule has 4 nitrogen and oxygen atoms in total. The van der Waals surface area contributed by atoms with Crippen molar-refractivity contribution in [1.29, 1.82) is 0 Å². The van der Waals surface area contributed by atoms with Crippen molar-refractivity contribution in [1.82, 2.24) is 4.72 Å². The molecular formula is C13H24F2N2O2S. The maximum atomic E-state index is 14.1. The van der Waals surface area contributed by atoms with E-state index in [0.29, 0.717) is 12.8 Å². The van der Waals surface area contributed by atoms with Gasteiger partial charge in [-0.05, 0) is 39.5 Å². The minimum atomic E-state index is -3.69. The first kappa shape index (κ1) is 17.5. The van der Waals surface area contributed by atoms with Gasteiger partial charge >= 0.3 is 5.92 Å². The van der Waals surface area contributed by atoms with E-state index in [2.05, 4.69) is 4.72 Å².